The number of hydrogen-bond acceptors (Lipinski definition) is 2. The number of carbonyl (C=O) groups excluding carboxylic acids is 1. The lowest BCUT2D eigenvalue weighted by Gasteiger charge is -2.24. The first-order valence-corrected chi connectivity index (χ1v) is 6.16. The summed E-state index contributed by atoms with van der Waals surface area (Å²) >= 11 is 0. The maximum atomic E-state index is 12.0. The minimum atomic E-state index is 0.0988. The van der Waals surface area contributed by atoms with Crippen LogP contribution in [0, 0.1) is 5.92 Å². The molecule has 3 nitrogen and oxygen atoms in total. The third-order valence-electron chi connectivity index (χ3n) is 2.60. The Morgan fingerprint density at radius 1 is 1.33 bits per heavy atom. The average molecular weight is 214 g/mol. The lowest BCUT2D eigenvalue weighted by molar-refractivity contribution is -0.134. The Morgan fingerprint density at radius 2 is 2.00 bits per heavy atom. The molecule has 0 spiro atoms. The zero-order valence-electron chi connectivity index (χ0n) is 10.7. The van der Waals surface area contributed by atoms with Gasteiger partial charge in [0.1, 0.15) is 0 Å². The van der Waals surface area contributed by atoms with Crippen LogP contribution in [0.5, 0.6) is 0 Å². The number of rotatable bonds is 8. The minimum Gasteiger partial charge on any atom is -0.343 e. The van der Waals surface area contributed by atoms with Crippen molar-refractivity contribution in [3.05, 3.63) is 0 Å². The fraction of sp³-hybridized carbons (Fsp3) is 0.917. The van der Waals surface area contributed by atoms with Gasteiger partial charge in [-0.2, -0.15) is 0 Å². The highest BCUT2D eigenvalue weighted by Crippen LogP contribution is 2.03. The van der Waals surface area contributed by atoms with Crippen molar-refractivity contribution < 1.29 is 4.79 Å². The van der Waals surface area contributed by atoms with Gasteiger partial charge in [-0.1, -0.05) is 27.2 Å². The van der Waals surface area contributed by atoms with Crippen LogP contribution in [-0.4, -0.2) is 37.0 Å². The van der Waals surface area contributed by atoms with Crippen molar-refractivity contribution in [2.24, 2.45) is 5.92 Å². The number of carbonyl (C=O) groups is 1. The van der Waals surface area contributed by atoms with Crippen LogP contribution in [0.15, 0.2) is 0 Å². The number of hydrogen-bond donors (Lipinski definition) is 1. The van der Waals surface area contributed by atoms with Crippen LogP contribution in [0.3, 0.4) is 0 Å². The Labute approximate surface area is 94.2 Å². The normalized spacial score (nSPS) is 12.5. The van der Waals surface area contributed by atoms with Gasteiger partial charge in [-0.3, -0.25) is 4.79 Å². The standard InChI is InChI=1S/C12H26N2O/c1-5-8-9-14(7-3)12(15)11(4)10-13-6-2/h11,13H,5-10H2,1-4H3. The van der Waals surface area contributed by atoms with Gasteiger partial charge in [0.05, 0.1) is 0 Å². The molecule has 1 N–H and O–H groups in total. The van der Waals surface area contributed by atoms with E-state index in [1.165, 1.54) is 0 Å². The fourth-order valence-electron chi connectivity index (χ4n) is 1.53. The highest BCUT2D eigenvalue weighted by molar-refractivity contribution is 5.78. The SMILES string of the molecule is CCCCN(CC)C(=O)C(C)CNCC. The van der Waals surface area contributed by atoms with Crippen molar-refractivity contribution in [3.8, 4) is 0 Å². The van der Waals surface area contributed by atoms with Gasteiger partial charge in [0.15, 0.2) is 0 Å². The van der Waals surface area contributed by atoms with E-state index >= 15 is 0 Å². The Hall–Kier alpha value is -0.570. The minimum absolute atomic E-state index is 0.0988. The highest BCUT2D eigenvalue weighted by atomic mass is 16.2. The van der Waals surface area contributed by atoms with Gasteiger partial charge in [-0.15, -0.1) is 0 Å². The molecule has 0 aromatic carbocycles. The van der Waals surface area contributed by atoms with Gasteiger partial charge in [-0.25, -0.2) is 0 Å². The molecule has 3 heteroatoms. The predicted molar refractivity (Wildman–Crippen MR) is 64.9 cm³/mol. The molecule has 0 aromatic heterocycles. The lowest BCUT2D eigenvalue weighted by Crippen LogP contribution is -2.39. The second-order valence-electron chi connectivity index (χ2n) is 3.98. The number of unbranched alkanes of at least 4 members (excludes halogenated alkanes) is 1. The maximum Gasteiger partial charge on any atom is 0.226 e. The van der Waals surface area contributed by atoms with Gasteiger partial charge >= 0.3 is 0 Å². The second-order valence-corrected chi connectivity index (χ2v) is 3.98. The summed E-state index contributed by atoms with van der Waals surface area (Å²) in [6, 6.07) is 0. The van der Waals surface area contributed by atoms with Crippen LogP contribution in [0.2, 0.25) is 0 Å². The van der Waals surface area contributed by atoms with Crippen molar-refractivity contribution in [2.75, 3.05) is 26.2 Å². The molecule has 1 unspecified atom stereocenters. The second kappa shape index (κ2) is 8.72. The molecule has 0 aliphatic rings. The zero-order chi connectivity index (χ0) is 11.7. The van der Waals surface area contributed by atoms with E-state index in [2.05, 4.69) is 19.2 Å². The van der Waals surface area contributed by atoms with Crippen LogP contribution in [0.25, 0.3) is 0 Å². The summed E-state index contributed by atoms with van der Waals surface area (Å²) in [7, 11) is 0. The molecule has 15 heavy (non-hydrogen) atoms. The van der Waals surface area contributed by atoms with Crippen molar-refractivity contribution in [2.45, 2.75) is 40.5 Å². The third kappa shape index (κ3) is 5.78. The van der Waals surface area contributed by atoms with Gasteiger partial charge < -0.3 is 10.2 Å². The van der Waals surface area contributed by atoms with Crippen LogP contribution in [-0.2, 0) is 4.79 Å². The molecule has 0 aliphatic heterocycles. The molecule has 1 amide bonds. The molecule has 0 saturated carbocycles. The topological polar surface area (TPSA) is 32.3 Å². The van der Waals surface area contributed by atoms with Gasteiger partial charge in [0.25, 0.3) is 0 Å². The van der Waals surface area contributed by atoms with Crippen LogP contribution in [0.4, 0.5) is 0 Å². The Balaban J connectivity index is 4.00. The van der Waals surface area contributed by atoms with Crippen LogP contribution < -0.4 is 5.32 Å². The molecule has 0 saturated heterocycles. The third-order valence-corrected chi connectivity index (χ3v) is 2.60. The van der Waals surface area contributed by atoms with E-state index in [4.69, 9.17) is 0 Å². The summed E-state index contributed by atoms with van der Waals surface area (Å²) in [5.74, 6) is 0.383. The molecular formula is C12H26N2O. The summed E-state index contributed by atoms with van der Waals surface area (Å²) in [5.41, 5.74) is 0. The van der Waals surface area contributed by atoms with Crippen LogP contribution >= 0.6 is 0 Å². The maximum absolute atomic E-state index is 12.0. The first-order valence-electron chi connectivity index (χ1n) is 6.16. The molecule has 0 fully saturated rings. The van der Waals surface area contributed by atoms with Crippen LogP contribution in [0.1, 0.15) is 40.5 Å². The largest absolute Gasteiger partial charge is 0.343 e. The van der Waals surface area contributed by atoms with E-state index in [1.54, 1.807) is 0 Å². The quantitative estimate of drug-likeness (QED) is 0.669. The molecule has 0 bridgehead atoms. The lowest BCUT2D eigenvalue weighted by atomic mass is 10.1. The van der Waals surface area contributed by atoms with Crippen molar-refractivity contribution >= 4 is 5.91 Å². The Kier molecular flexibility index (Phi) is 8.38. The number of nitrogens with zero attached hydrogens (tertiary/aromatic N) is 1. The molecule has 90 valence electrons. The first-order chi connectivity index (χ1) is 7.17. The van der Waals surface area contributed by atoms with Gasteiger partial charge in [-0.05, 0) is 19.9 Å². The summed E-state index contributed by atoms with van der Waals surface area (Å²) in [4.78, 5) is 13.9. The first kappa shape index (κ1) is 14.4. The molecule has 0 radical (unpaired) electrons. The summed E-state index contributed by atoms with van der Waals surface area (Å²) in [6.07, 6.45) is 2.25. The number of amides is 1. The predicted octanol–water partition coefficient (Wildman–Crippen LogP) is 1.88. The Bertz CT molecular complexity index is 171. The monoisotopic (exact) mass is 214 g/mol. The van der Waals surface area contributed by atoms with E-state index in [1.807, 2.05) is 18.7 Å². The molecule has 0 aliphatic carbocycles. The summed E-state index contributed by atoms with van der Waals surface area (Å²) < 4.78 is 0. The Morgan fingerprint density at radius 3 is 2.47 bits per heavy atom. The molecular weight excluding hydrogens is 188 g/mol. The van der Waals surface area contributed by atoms with Crippen molar-refractivity contribution in [3.63, 3.8) is 0 Å². The van der Waals surface area contributed by atoms with E-state index in [9.17, 15) is 4.79 Å². The van der Waals surface area contributed by atoms with Gasteiger partial charge in [0.2, 0.25) is 5.91 Å². The van der Waals surface area contributed by atoms with Gasteiger partial charge in [0, 0.05) is 25.6 Å². The zero-order valence-corrected chi connectivity index (χ0v) is 10.7. The molecule has 0 rings (SSSR count). The van der Waals surface area contributed by atoms with Crippen molar-refractivity contribution in [1.82, 2.24) is 10.2 Å². The van der Waals surface area contributed by atoms with E-state index in [-0.39, 0.29) is 11.8 Å². The van der Waals surface area contributed by atoms with Crippen molar-refractivity contribution in [1.29, 1.82) is 0 Å². The average Bonchev–Trinajstić information content (AvgIpc) is 2.26. The highest BCUT2D eigenvalue weighted by Gasteiger charge is 2.17. The molecule has 0 aromatic rings. The van der Waals surface area contributed by atoms with E-state index < -0.39 is 0 Å². The molecule has 0 heterocycles. The smallest absolute Gasteiger partial charge is 0.226 e. The number of nitrogens with one attached hydrogen (secondary N) is 1. The fourth-order valence-corrected chi connectivity index (χ4v) is 1.53. The summed E-state index contributed by atoms with van der Waals surface area (Å²) in [6.45, 7) is 11.7. The van der Waals surface area contributed by atoms with E-state index in [0.29, 0.717) is 0 Å². The van der Waals surface area contributed by atoms with E-state index in [0.717, 1.165) is 39.0 Å². The molecule has 1 atom stereocenters. The summed E-state index contributed by atoms with van der Waals surface area (Å²) in [5, 5.41) is 3.22.